The predicted octanol–water partition coefficient (Wildman–Crippen LogP) is 5.12. The molecule has 0 aliphatic heterocycles. The molecule has 0 fully saturated rings. The van der Waals surface area contributed by atoms with E-state index in [0.717, 1.165) is 23.2 Å². The van der Waals surface area contributed by atoms with Crippen molar-refractivity contribution in [1.29, 1.82) is 0 Å². The Bertz CT molecular complexity index is 1690. The van der Waals surface area contributed by atoms with Crippen molar-refractivity contribution in [1.82, 2.24) is 24.3 Å². The van der Waals surface area contributed by atoms with Crippen LogP contribution in [-0.4, -0.2) is 24.3 Å². The zero-order valence-electron chi connectivity index (χ0n) is 18.9. The van der Waals surface area contributed by atoms with Gasteiger partial charge in [0, 0.05) is 42.3 Å². The second-order valence-electron chi connectivity index (χ2n) is 8.35. The van der Waals surface area contributed by atoms with Gasteiger partial charge in [-0.25, -0.2) is 9.67 Å². The summed E-state index contributed by atoms with van der Waals surface area (Å²) in [4.78, 5) is 21.9. The number of anilines is 2. The van der Waals surface area contributed by atoms with E-state index in [1.807, 2.05) is 48.7 Å². The Hall–Kier alpha value is -4.78. The quantitative estimate of drug-likeness (QED) is 0.375. The molecule has 7 nitrogen and oxygen atoms in total. The third-order valence-electron chi connectivity index (χ3n) is 6.05. The summed E-state index contributed by atoms with van der Waals surface area (Å²) in [7, 11) is 0. The lowest BCUT2D eigenvalue weighted by Crippen LogP contribution is -2.21. The van der Waals surface area contributed by atoms with E-state index in [1.165, 1.54) is 16.3 Å². The average molecular weight is 459 g/mol. The van der Waals surface area contributed by atoms with Crippen LogP contribution in [0.5, 0.6) is 0 Å². The highest BCUT2D eigenvalue weighted by atomic mass is 16.1. The fraction of sp³-hybridized carbons (Fsp3) is 0.0714. The third kappa shape index (κ3) is 4.27. The molecule has 6 aromatic rings. The van der Waals surface area contributed by atoms with E-state index < -0.39 is 0 Å². The summed E-state index contributed by atoms with van der Waals surface area (Å²) in [6.45, 7) is 0.531. The van der Waals surface area contributed by atoms with Crippen LogP contribution >= 0.6 is 0 Å². The molecule has 0 aliphatic rings. The standard InChI is InChI=1S/C28H22N6O/c35-26-13-8-23-19-29-28(31-24-9-11-25(12-10-24)34-16-3-15-30-34)32-27(23)33(26)17-14-20-6-7-21-4-1-2-5-22(21)18-20/h1-13,15-16,18-19H,14,17H2,(H,29,31,32). The molecule has 0 aliphatic carbocycles. The molecular weight excluding hydrogens is 436 g/mol. The summed E-state index contributed by atoms with van der Waals surface area (Å²) in [5.74, 6) is 0.439. The first-order valence-electron chi connectivity index (χ1n) is 11.4. The van der Waals surface area contributed by atoms with Crippen molar-refractivity contribution >= 4 is 33.4 Å². The largest absolute Gasteiger partial charge is 0.324 e. The van der Waals surface area contributed by atoms with Crippen LogP contribution in [0.2, 0.25) is 0 Å². The second kappa shape index (κ2) is 8.87. The van der Waals surface area contributed by atoms with Gasteiger partial charge < -0.3 is 5.32 Å². The Morgan fingerprint density at radius 3 is 2.49 bits per heavy atom. The maximum Gasteiger partial charge on any atom is 0.252 e. The molecule has 1 N–H and O–H groups in total. The third-order valence-corrected chi connectivity index (χ3v) is 6.05. The zero-order valence-corrected chi connectivity index (χ0v) is 18.9. The Morgan fingerprint density at radius 1 is 0.829 bits per heavy atom. The van der Waals surface area contributed by atoms with Crippen molar-refractivity contribution in [3.63, 3.8) is 0 Å². The van der Waals surface area contributed by atoms with E-state index in [9.17, 15) is 4.79 Å². The number of pyridine rings is 1. The summed E-state index contributed by atoms with van der Waals surface area (Å²) < 4.78 is 3.52. The van der Waals surface area contributed by atoms with Crippen LogP contribution in [0.15, 0.2) is 108 Å². The van der Waals surface area contributed by atoms with Gasteiger partial charge in [-0.05, 0) is 59.2 Å². The first-order valence-corrected chi connectivity index (χ1v) is 11.4. The van der Waals surface area contributed by atoms with Gasteiger partial charge in [0.1, 0.15) is 5.65 Å². The molecule has 0 saturated carbocycles. The normalized spacial score (nSPS) is 11.2. The van der Waals surface area contributed by atoms with Gasteiger partial charge in [-0.15, -0.1) is 0 Å². The lowest BCUT2D eigenvalue weighted by Gasteiger charge is -2.12. The van der Waals surface area contributed by atoms with Crippen LogP contribution < -0.4 is 10.9 Å². The van der Waals surface area contributed by atoms with Gasteiger partial charge in [-0.3, -0.25) is 9.36 Å². The number of aryl methyl sites for hydroxylation is 2. The molecule has 0 radical (unpaired) electrons. The van der Waals surface area contributed by atoms with Crippen LogP contribution in [0.1, 0.15) is 5.56 Å². The van der Waals surface area contributed by atoms with E-state index in [0.29, 0.717) is 18.1 Å². The van der Waals surface area contributed by atoms with Crippen molar-refractivity contribution in [2.75, 3.05) is 5.32 Å². The van der Waals surface area contributed by atoms with Crippen molar-refractivity contribution in [3.8, 4) is 5.69 Å². The number of hydrogen-bond acceptors (Lipinski definition) is 5. The molecule has 3 heterocycles. The van der Waals surface area contributed by atoms with E-state index in [1.54, 1.807) is 33.8 Å². The molecule has 0 amide bonds. The van der Waals surface area contributed by atoms with Gasteiger partial charge in [-0.1, -0.05) is 42.5 Å². The smallest absolute Gasteiger partial charge is 0.252 e. The summed E-state index contributed by atoms with van der Waals surface area (Å²) in [5.41, 5.74) is 3.52. The molecule has 0 bridgehead atoms. The lowest BCUT2D eigenvalue weighted by molar-refractivity contribution is 0.688. The Balaban J connectivity index is 1.26. The van der Waals surface area contributed by atoms with E-state index in [4.69, 9.17) is 0 Å². The number of benzene rings is 3. The highest BCUT2D eigenvalue weighted by Gasteiger charge is 2.08. The number of nitrogens with zero attached hydrogens (tertiary/aromatic N) is 5. The van der Waals surface area contributed by atoms with Gasteiger partial charge in [0.25, 0.3) is 5.56 Å². The van der Waals surface area contributed by atoms with Gasteiger partial charge in [0.05, 0.1) is 5.69 Å². The van der Waals surface area contributed by atoms with Crippen LogP contribution in [0, 0.1) is 0 Å². The van der Waals surface area contributed by atoms with Crippen molar-refractivity contribution in [2.45, 2.75) is 13.0 Å². The average Bonchev–Trinajstić information content (AvgIpc) is 3.44. The molecule has 7 heteroatoms. The Labute approximate surface area is 201 Å². The minimum absolute atomic E-state index is 0.0773. The molecule has 170 valence electrons. The SMILES string of the molecule is O=c1ccc2cnc(Nc3ccc(-n4cccn4)cc3)nc2n1CCc1ccc2ccccc2c1. The molecule has 6 rings (SSSR count). The first kappa shape index (κ1) is 20.8. The minimum atomic E-state index is -0.0773. The van der Waals surface area contributed by atoms with Gasteiger partial charge in [0.15, 0.2) is 0 Å². The van der Waals surface area contributed by atoms with Crippen LogP contribution in [0.4, 0.5) is 11.6 Å². The highest BCUT2D eigenvalue weighted by Crippen LogP contribution is 2.19. The van der Waals surface area contributed by atoms with Crippen molar-refractivity contribution in [2.24, 2.45) is 0 Å². The molecule has 35 heavy (non-hydrogen) atoms. The van der Waals surface area contributed by atoms with Gasteiger partial charge >= 0.3 is 0 Å². The van der Waals surface area contributed by atoms with Crippen molar-refractivity contribution in [3.05, 3.63) is 119 Å². The molecule has 0 unspecified atom stereocenters. The lowest BCUT2D eigenvalue weighted by atomic mass is 10.1. The Kier molecular flexibility index (Phi) is 5.27. The monoisotopic (exact) mass is 458 g/mol. The topological polar surface area (TPSA) is 77.6 Å². The zero-order chi connectivity index (χ0) is 23.6. The number of nitrogens with one attached hydrogen (secondary N) is 1. The fourth-order valence-electron chi connectivity index (χ4n) is 4.23. The molecule has 0 saturated heterocycles. The number of hydrogen-bond donors (Lipinski definition) is 1. The first-order chi connectivity index (χ1) is 17.2. The molecule has 3 aromatic heterocycles. The number of fused-ring (bicyclic) bond motifs is 2. The van der Waals surface area contributed by atoms with Gasteiger partial charge in [-0.2, -0.15) is 10.1 Å². The Morgan fingerprint density at radius 2 is 1.66 bits per heavy atom. The molecule has 0 atom stereocenters. The van der Waals surface area contributed by atoms with Crippen LogP contribution in [-0.2, 0) is 13.0 Å². The molecule has 0 spiro atoms. The maximum atomic E-state index is 12.8. The predicted molar refractivity (Wildman–Crippen MR) is 138 cm³/mol. The maximum absolute atomic E-state index is 12.8. The van der Waals surface area contributed by atoms with Crippen LogP contribution in [0.25, 0.3) is 27.5 Å². The van der Waals surface area contributed by atoms with E-state index >= 15 is 0 Å². The summed E-state index contributed by atoms with van der Waals surface area (Å²) in [6, 6.07) is 27.8. The van der Waals surface area contributed by atoms with Gasteiger partial charge in [0.2, 0.25) is 5.95 Å². The van der Waals surface area contributed by atoms with Crippen LogP contribution in [0.3, 0.4) is 0 Å². The molecule has 3 aromatic carbocycles. The highest BCUT2D eigenvalue weighted by molar-refractivity contribution is 5.83. The summed E-state index contributed by atoms with van der Waals surface area (Å²) >= 11 is 0. The number of aromatic nitrogens is 5. The summed E-state index contributed by atoms with van der Waals surface area (Å²) in [6.07, 6.45) is 6.11. The minimum Gasteiger partial charge on any atom is -0.324 e. The van der Waals surface area contributed by atoms with Crippen molar-refractivity contribution < 1.29 is 0 Å². The number of rotatable bonds is 6. The fourth-order valence-corrected chi connectivity index (χ4v) is 4.23. The molecular formula is C28H22N6O. The van der Waals surface area contributed by atoms with E-state index in [2.05, 4.69) is 50.7 Å². The summed E-state index contributed by atoms with van der Waals surface area (Å²) in [5, 5.41) is 10.7. The van der Waals surface area contributed by atoms with E-state index in [-0.39, 0.29) is 5.56 Å². The second-order valence-corrected chi connectivity index (χ2v) is 8.35.